The van der Waals surface area contributed by atoms with Gasteiger partial charge in [0.2, 0.25) is 0 Å². The molecule has 0 heterocycles. The average Bonchev–Trinajstić information content (AvgIpc) is 2.85. The molecule has 1 unspecified atom stereocenters. The summed E-state index contributed by atoms with van der Waals surface area (Å²) in [5.41, 5.74) is 0.579. The normalized spacial score (nSPS) is 17.4. The SMILES string of the molecule is C=C/C=C(\C=C)[S+](C(=C)/C=C(C)\C(=C\C)OCC(=O)OC1(CC)CCCCC1)c1ccccc1. The molecule has 0 saturated heterocycles. The molecule has 0 aromatic heterocycles. The molecule has 1 aliphatic carbocycles. The van der Waals surface area contributed by atoms with Gasteiger partial charge in [-0.05, 0) is 88.5 Å². The summed E-state index contributed by atoms with van der Waals surface area (Å²) in [7, 11) is -0.407. The number of allylic oxidation sites excluding steroid dienone is 6. The molecule has 0 radical (unpaired) electrons. The second kappa shape index (κ2) is 13.9. The Balaban J connectivity index is 2.14. The topological polar surface area (TPSA) is 35.5 Å². The number of ether oxygens (including phenoxy) is 2. The number of esters is 1. The molecular formula is C30H39O3S+. The van der Waals surface area contributed by atoms with Crippen LogP contribution in [0.2, 0.25) is 0 Å². The quantitative estimate of drug-likeness (QED) is 0.132. The summed E-state index contributed by atoms with van der Waals surface area (Å²) in [5.74, 6) is 0.346. The van der Waals surface area contributed by atoms with E-state index in [0.717, 1.165) is 52.4 Å². The van der Waals surface area contributed by atoms with Gasteiger partial charge in [0, 0.05) is 6.08 Å². The van der Waals surface area contributed by atoms with Gasteiger partial charge in [-0.2, -0.15) is 0 Å². The van der Waals surface area contributed by atoms with E-state index in [0.29, 0.717) is 5.76 Å². The Kier molecular flexibility index (Phi) is 11.2. The van der Waals surface area contributed by atoms with Crippen molar-refractivity contribution < 1.29 is 14.3 Å². The lowest BCUT2D eigenvalue weighted by Gasteiger charge is -2.35. The molecule has 0 amide bonds. The van der Waals surface area contributed by atoms with Crippen molar-refractivity contribution in [3.8, 4) is 0 Å². The van der Waals surface area contributed by atoms with Gasteiger partial charge >= 0.3 is 5.97 Å². The Morgan fingerprint density at radius 3 is 2.38 bits per heavy atom. The Morgan fingerprint density at radius 1 is 1.15 bits per heavy atom. The first-order chi connectivity index (χ1) is 16.4. The number of hydrogen-bond donors (Lipinski definition) is 0. The standard InChI is InChI=1S/C30H39O3S/c1-7-17-26(8-2)34(27-18-13-11-14-19-27)25(6)22-24(5)28(9-3)32-23-29(31)33-30(10-4)20-15-12-16-21-30/h7-9,11,13-14,17-19,22H,1-2,6,10,12,15-16,20-21,23H2,3-5H3/q+1/b24-22-,26-17+,28-9-. The molecule has 34 heavy (non-hydrogen) atoms. The van der Waals surface area contributed by atoms with Crippen LogP contribution >= 0.6 is 0 Å². The fourth-order valence-electron chi connectivity index (χ4n) is 4.26. The van der Waals surface area contributed by atoms with Crippen molar-refractivity contribution in [3.05, 3.63) is 102 Å². The molecule has 0 N–H and O–H groups in total. The van der Waals surface area contributed by atoms with Gasteiger partial charge in [-0.15, -0.1) is 0 Å². The first-order valence-electron chi connectivity index (χ1n) is 12.0. The molecule has 0 spiro atoms. The molecule has 3 nitrogen and oxygen atoms in total. The zero-order valence-electron chi connectivity index (χ0n) is 21.0. The van der Waals surface area contributed by atoms with Crippen LogP contribution in [0, 0.1) is 0 Å². The van der Waals surface area contributed by atoms with E-state index in [1.165, 1.54) is 6.42 Å². The van der Waals surface area contributed by atoms with E-state index in [1.54, 1.807) is 6.08 Å². The lowest BCUT2D eigenvalue weighted by Crippen LogP contribution is -2.37. The third kappa shape index (κ3) is 7.66. The number of carbonyl (C=O) groups excluding carboxylic acids is 1. The van der Waals surface area contributed by atoms with E-state index in [-0.39, 0.29) is 18.2 Å². The number of carbonyl (C=O) groups is 1. The van der Waals surface area contributed by atoms with Gasteiger partial charge in [-0.25, -0.2) is 4.79 Å². The highest BCUT2D eigenvalue weighted by molar-refractivity contribution is 8.04. The summed E-state index contributed by atoms with van der Waals surface area (Å²) < 4.78 is 11.8. The smallest absolute Gasteiger partial charge is 0.344 e. The van der Waals surface area contributed by atoms with E-state index in [9.17, 15) is 4.79 Å². The zero-order chi connectivity index (χ0) is 25.0. The highest BCUT2D eigenvalue weighted by Gasteiger charge is 2.34. The maximum absolute atomic E-state index is 12.6. The van der Waals surface area contributed by atoms with Gasteiger partial charge in [0.1, 0.15) is 11.4 Å². The third-order valence-corrected chi connectivity index (χ3v) is 8.23. The van der Waals surface area contributed by atoms with Gasteiger partial charge in [0.15, 0.2) is 21.3 Å². The molecule has 1 saturated carbocycles. The fourth-order valence-corrected chi connectivity index (χ4v) is 6.26. The lowest BCUT2D eigenvalue weighted by atomic mass is 9.83. The van der Waals surface area contributed by atoms with Gasteiger partial charge in [-0.3, -0.25) is 0 Å². The van der Waals surface area contributed by atoms with Crippen LogP contribution in [0.15, 0.2) is 106 Å². The summed E-state index contributed by atoms with van der Waals surface area (Å²) in [6.07, 6.45) is 15.6. The largest absolute Gasteiger partial charge is 0.482 e. The molecule has 0 aliphatic heterocycles. The van der Waals surface area contributed by atoms with Crippen LogP contribution in [0.4, 0.5) is 0 Å². The summed E-state index contributed by atoms with van der Waals surface area (Å²) >= 11 is 0. The van der Waals surface area contributed by atoms with Crippen LogP contribution in [-0.2, 0) is 25.2 Å². The molecule has 4 heteroatoms. The minimum Gasteiger partial charge on any atom is -0.482 e. The second-order valence-corrected chi connectivity index (χ2v) is 10.5. The Labute approximate surface area is 209 Å². The van der Waals surface area contributed by atoms with Crippen LogP contribution in [0.5, 0.6) is 0 Å². The molecule has 1 aromatic rings. The highest BCUT2D eigenvalue weighted by atomic mass is 32.2. The first kappa shape index (κ1) is 27.5. The minimum absolute atomic E-state index is 0.0995. The average molecular weight is 480 g/mol. The zero-order valence-corrected chi connectivity index (χ0v) is 21.8. The van der Waals surface area contributed by atoms with Gasteiger partial charge in [0.05, 0.1) is 10.9 Å². The van der Waals surface area contributed by atoms with Crippen molar-refractivity contribution in [2.24, 2.45) is 0 Å². The molecular weight excluding hydrogens is 440 g/mol. The van der Waals surface area contributed by atoms with Crippen molar-refractivity contribution >= 4 is 16.9 Å². The van der Waals surface area contributed by atoms with Crippen molar-refractivity contribution in [2.75, 3.05) is 6.61 Å². The molecule has 1 fully saturated rings. The predicted molar refractivity (Wildman–Crippen MR) is 145 cm³/mol. The summed E-state index contributed by atoms with van der Waals surface area (Å²) in [6.45, 7) is 18.1. The first-order valence-corrected chi connectivity index (χ1v) is 13.2. The molecule has 1 aliphatic rings. The number of hydrogen-bond acceptors (Lipinski definition) is 3. The third-order valence-electron chi connectivity index (χ3n) is 6.07. The predicted octanol–water partition coefficient (Wildman–Crippen LogP) is 7.96. The van der Waals surface area contributed by atoms with Crippen LogP contribution in [-0.4, -0.2) is 18.2 Å². The molecule has 2 rings (SSSR count). The van der Waals surface area contributed by atoms with Crippen molar-refractivity contribution in [1.82, 2.24) is 0 Å². The Morgan fingerprint density at radius 2 is 1.82 bits per heavy atom. The fraction of sp³-hybridized carbons (Fsp3) is 0.367. The van der Waals surface area contributed by atoms with E-state index < -0.39 is 10.9 Å². The minimum atomic E-state index is -0.407. The molecule has 1 aromatic carbocycles. The van der Waals surface area contributed by atoms with Crippen LogP contribution in [0.1, 0.15) is 59.3 Å². The summed E-state index contributed by atoms with van der Waals surface area (Å²) in [6, 6.07) is 10.2. The van der Waals surface area contributed by atoms with Gasteiger partial charge < -0.3 is 9.47 Å². The molecule has 182 valence electrons. The maximum atomic E-state index is 12.6. The number of benzene rings is 1. The molecule has 0 bridgehead atoms. The van der Waals surface area contributed by atoms with E-state index in [1.807, 2.05) is 56.4 Å². The second-order valence-electron chi connectivity index (χ2n) is 8.43. The van der Waals surface area contributed by atoms with Gasteiger partial charge in [0.25, 0.3) is 0 Å². The monoisotopic (exact) mass is 479 g/mol. The van der Waals surface area contributed by atoms with Crippen LogP contribution in [0.3, 0.4) is 0 Å². The molecule has 1 atom stereocenters. The maximum Gasteiger partial charge on any atom is 0.344 e. The van der Waals surface area contributed by atoms with Gasteiger partial charge in [-0.1, -0.05) is 50.8 Å². The van der Waals surface area contributed by atoms with Crippen molar-refractivity contribution in [2.45, 2.75) is 69.8 Å². The Hall–Kier alpha value is -2.72. The number of rotatable bonds is 12. The van der Waals surface area contributed by atoms with E-state index >= 15 is 0 Å². The van der Waals surface area contributed by atoms with Crippen LogP contribution in [0.25, 0.3) is 0 Å². The Bertz CT molecular complexity index is 947. The summed E-state index contributed by atoms with van der Waals surface area (Å²) in [4.78, 5) is 15.7. The van der Waals surface area contributed by atoms with Crippen LogP contribution < -0.4 is 0 Å². The van der Waals surface area contributed by atoms with E-state index in [2.05, 4.69) is 38.8 Å². The lowest BCUT2D eigenvalue weighted by molar-refractivity contribution is -0.167. The highest BCUT2D eigenvalue weighted by Crippen LogP contribution is 2.35. The van der Waals surface area contributed by atoms with Crippen molar-refractivity contribution in [3.63, 3.8) is 0 Å². The van der Waals surface area contributed by atoms with Crippen molar-refractivity contribution in [1.29, 1.82) is 0 Å². The van der Waals surface area contributed by atoms with E-state index in [4.69, 9.17) is 9.47 Å². The summed E-state index contributed by atoms with van der Waals surface area (Å²) in [5, 5.41) is 0.